The molecule has 0 aliphatic carbocycles. The van der Waals surface area contributed by atoms with E-state index in [9.17, 15) is 9.59 Å². The van der Waals surface area contributed by atoms with Gasteiger partial charge < -0.3 is 10.6 Å². The van der Waals surface area contributed by atoms with Gasteiger partial charge in [-0.25, -0.2) is 0 Å². The fourth-order valence-corrected chi connectivity index (χ4v) is 3.68. The molecule has 0 unspecified atom stereocenters. The van der Waals surface area contributed by atoms with E-state index in [0.29, 0.717) is 13.1 Å². The number of nitrogens with zero attached hydrogens (tertiary/aromatic N) is 3. The minimum absolute atomic E-state index is 0.0984. The Hall–Kier alpha value is -1.92. The number of carbonyl (C=O) groups is 2. The van der Waals surface area contributed by atoms with Crippen molar-refractivity contribution < 1.29 is 9.59 Å². The number of hydrogen-bond acceptors (Lipinski definition) is 4. The van der Waals surface area contributed by atoms with E-state index in [1.807, 2.05) is 4.90 Å². The monoisotopic (exact) mass is 344 g/mol. The molecule has 0 bridgehead atoms. The van der Waals surface area contributed by atoms with Crippen LogP contribution in [0.2, 0.25) is 0 Å². The third-order valence-electron chi connectivity index (χ3n) is 5.41. The van der Waals surface area contributed by atoms with E-state index >= 15 is 0 Å². The van der Waals surface area contributed by atoms with Crippen molar-refractivity contribution in [3.05, 3.63) is 35.4 Å². The second-order valence-electron chi connectivity index (χ2n) is 7.21. The normalized spacial score (nSPS) is 22.3. The van der Waals surface area contributed by atoms with E-state index in [0.717, 1.165) is 45.7 Å². The molecule has 0 aromatic heterocycles. The summed E-state index contributed by atoms with van der Waals surface area (Å²) in [7, 11) is 0. The van der Waals surface area contributed by atoms with Crippen molar-refractivity contribution in [1.82, 2.24) is 14.7 Å². The zero-order chi connectivity index (χ0) is 17.8. The number of rotatable bonds is 5. The summed E-state index contributed by atoms with van der Waals surface area (Å²) in [5, 5.41) is 0. The van der Waals surface area contributed by atoms with Crippen LogP contribution in [0.25, 0.3) is 0 Å². The van der Waals surface area contributed by atoms with Gasteiger partial charge in [-0.3, -0.25) is 19.4 Å². The van der Waals surface area contributed by atoms with Crippen LogP contribution in [-0.4, -0.2) is 72.3 Å². The molecule has 25 heavy (non-hydrogen) atoms. The van der Waals surface area contributed by atoms with Crippen molar-refractivity contribution in [2.75, 3.05) is 45.8 Å². The third-order valence-corrected chi connectivity index (χ3v) is 5.41. The largest absolute Gasteiger partial charge is 0.369 e. The summed E-state index contributed by atoms with van der Waals surface area (Å²) in [6.45, 7) is 8.26. The first-order valence-electron chi connectivity index (χ1n) is 9.09. The van der Waals surface area contributed by atoms with Gasteiger partial charge in [-0.1, -0.05) is 24.3 Å². The van der Waals surface area contributed by atoms with E-state index in [1.165, 1.54) is 11.1 Å². The molecule has 0 saturated carbocycles. The molecule has 1 aromatic carbocycles. The number of nitrogens with two attached hydrogens (primary N) is 1. The van der Waals surface area contributed by atoms with Gasteiger partial charge in [-0.05, 0) is 31.0 Å². The number of hydrogen-bond donors (Lipinski definition) is 1. The highest BCUT2D eigenvalue weighted by Crippen LogP contribution is 2.16. The average molecular weight is 344 g/mol. The molecule has 2 fully saturated rings. The Bertz CT molecular complexity index is 626. The zero-order valence-electron chi connectivity index (χ0n) is 15.0. The van der Waals surface area contributed by atoms with Crippen LogP contribution in [0.1, 0.15) is 17.5 Å². The number of likely N-dealkylation sites (tertiary alicyclic amines) is 1. The van der Waals surface area contributed by atoms with Crippen molar-refractivity contribution in [3.8, 4) is 0 Å². The van der Waals surface area contributed by atoms with Crippen LogP contribution >= 0.6 is 0 Å². The van der Waals surface area contributed by atoms with Crippen LogP contribution in [0.15, 0.2) is 24.3 Å². The lowest BCUT2D eigenvalue weighted by atomic mass is 10.1. The summed E-state index contributed by atoms with van der Waals surface area (Å²) in [4.78, 5) is 30.1. The highest BCUT2D eigenvalue weighted by atomic mass is 16.2. The first kappa shape index (κ1) is 17.9. The second-order valence-corrected chi connectivity index (χ2v) is 7.21. The van der Waals surface area contributed by atoms with Gasteiger partial charge in [-0.2, -0.15) is 0 Å². The fraction of sp³-hybridized carbons (Fsp3) is 0.579. The van der Waals surface area contributed by atoms with Gasteiger partial charge in [-0.15, -0.1) is 0 Å². The molecule has 6 heteroatoms. The first-order chi connectivity index (χ1) is 12.0. The maximum atomic E-state index is 12.5. The van der Waals surface area contributed by atoms with E-state index in [2.05, 4.69) is 41.0 Å². The smallest absolute Gasteiger partial charge is 0.236 e. The van der Waals surface area contributed by atoms with Crippen LogP contribution in [-0.2, 0) is 16.1 Å². The van der Waals surface area contributed by atoms with Crippen LogP contribution in [0.5, 0.6) is 0 Å². The molecule has 2 aliphatic heterocycles. The number of aryl methyl sites for hydroxylation is 1. The van der Waals surface area contributed by atoms with Gasteiger partial charge in [0.25, 0.3) is 0 Å². The molecule has 0 spiro atoms. The highest BCUT2D eigenvalue weighted by molar-refractivity contribution is 5.79. The van der Waals surface area contributed by atoms with E-state index < -0.39 is 0 Å². The van der Waals surface area contributed by atoms with Crippen LogP contribution in [0, 0.1) is 12.8 Å². The van der Waals surface area contributed by atoms with Crippen molar-refractivity contribution in [2.45, 2.75) is 19.9 Å². The maximum absolute atomic E-state index is 12.5. The Kier molecular flexibility index (Phi) is 5.71. The Labute approximate surface area is 149 Å². The van der Waals surface area contributed by atoms with Gasteiger partial charge in [0.1, 0.15) is 0 Å². The number of benzene rings is 1. The molecule has 2 heterocycles. The number of amides is 2. The SMILES string of the molecule is Cc1ccccc1CN1CCN(C(=O)CN2CC[C@H](C(N)=O)C2)CC1. The van der Waals surface area contributed by atoms with E-state index in [1.54, 1.807) is 0 Å². The summed E-state index contributed by atoms with van der Waals surface area (Å²) in [5.41, 5.74) is 8.03. The Morgan fingerprint density at radius 2 is 1.80 bits per heavy atom. The second kappa shape index (κ2) is 7.97. The Morgan fingerprint density at radius 3 is 2.44 bits per heavy atom. The number of primary amides is 1. The van der Waals surface area contributed by atoms with Crippen molar-refractivity contribution >= 4 is 11.8 Å². The Morgan fingerprint density at radius 1 is 1.08 bits per heavy atom. The van der Waals surface area contributed by atoms with Crippen molar-refractivity contribution in [2.24, 2.45) is 11.7 Å². The lowest BCUT2D eigenvalue weighted by molar-refractivity contribution is -0.134. The minimum Gasteiger partial charge on any atom is -0.369 e. The lowest BCUT2D eigenvalue weighted by Gasteiger charge is -2.35. The summed E-state index contributed by atoms with van der Waals surface area (Å²) < 4.78 is 0. The minimum atomic E-state index is -0.250. The molecule has 6 nitrogen and oxygen atoms in total. The number of piperazine rings is 1. The molecule has 2 saturated heterocycles. The van der Waals surface area contributed by atoms with Gasteiger partial charge in [0, 0.05) is 39.3 Å². The average Bonchev–Trinajstić information content (AvgIpc) is 3.06. The summed E-state index contributed by atoms with van der Waals surface area (Å²) in [5.74, 6) is -0.181. The summed E-state index contributed by atoms with van der Waals surface area (Å²) in [6.07, 6.45) is 0.771. The zero-order valence-corrected chi connectivity index (χ0v) is 15.0. The third kappa shape index (κ3) is 4.58. The summed E-state index contributed by atoms with van der Waals surface area (Å²) in [6, 6.07) is 8.47. The van der Waals surface area contributed by atoms with Crippen molar-refractivity contribution in [3.63, 3.8) is 0 Å². The quantitative estimate of drug-likeness (QED) is 0.842. The van der Waals surface area contributed by atoms with E-state index in [4.69, 9.17) is 5.73 Å². The lowest BCUT2D eigenvalue weighted by Crippen LogP contribution is -2.50. The fourth-order valence-electron chi connectivity index (χ4n) is 3.68. The molecule has 2 aliphatic rings. The maximum Gasteiger partial charge on any atom is 0.236 e. The predicted octanol–water partition coefficient (Wildman–Crippen LogP) is 0.446. The molecular weight excluding hydrogens is 316 g/mol. The highest BCUT2D eigenvalue weighted by Gasteiger charge is 2.29. The molecule has 0 radical (unpaired) electrons. The molecule has 1 aromatic rings. The number of carbonyl (C=O) groups excluding carboxylic acids is 2. The van der Waals surface area contributed by atoms with Crippen LogP contribution < -0.4 is 5.73 Å². The van der Waals surface area contributed by atoms with Crippen LogP contribution in [0.4, 0.5) is 0 Å². The van der Waals surface area contributed by atoms with Gasteiger partial charge >= 0.3 is 0 Å². The van der Waals surface area contributed by atoms with Crippen molar-refractivity contribution in [1.29, 1.82) is 0 Å². The molecular formula is C19H28N4O2. The molecule has 1 atom stereocenters. The molecule has 136 valence electrons. The molecule has 3 rings (SSSR count). The van der Waals surface area contributed by atoms with Gasteiger partial charge in [0.2, 0.25) is 11.8 Å². The predicted molar refractivity (Wildman–Crippen MR) is 96.8 cm³/mol. The van der Waals surface area contributed by atoms with Gasteiger partial charge in [0.05, 0.1) is 12.5 Å². The topological polar surface area (TPSA) is 69.9 Å². The first-order valence-corrected chi connectivity index (χ1v) is 9.09. The summed E-state index contributed by atoms with van der Waals surface area (Å²) >= 11 is 0. The molecule has 2 amide bonds. The van der Waals surface area contributed by atoms with Crippen LogP contribution in [0.3, 0.4) is 0 Å². The molecule has 2 N–H and O–H groups in total. The van der Waals surface area contributed by atoms with E-state index in [-0.39, 0.29) is 17.7 Å². The van der Waals surface area contributed by atoms with Gasteiger partial charge in [0.15, 0.2) is 0 Å². The Balaban J connectivity index is 1.43. The standard InChI is InChI=1S/C19H28N4O2/c1-15-4-2-3-5-16(15)12-21-8-10-23(11-9-21)18(24)14-22-7-6-17(13-22)19(20)25/h2-5,17H,6-14H2,1H3,(H2,20,25)/t17-/m0/s1.